The summed E-state index contributed by atoms with van der Waals surface area (Å²) in [5.74, 6) is 0.179. The molecule has 0 aliphatic heterocycles. The highest BCUT2D eigenvalue weighted by Crippen LogP contribution is 2.36. The van der Waals surface area contributed by atoms with Gasteiger partial charge in [-0.15, -0.1) is 0 Å². The number of halogens is 1. The molecule has 3 N–H and O–H groups in total. The van der Waals surface area contributed by atoms with Crippen molar-refractivity contribution in [2.75, 3.05) is 10.6 Å². The molecule has 33 heavy (non-hydrogen) atoms. The summed E-state index contributed by atoms with van der Waals surface area (Å²) in [7, 11) is 0. The number of aromatic nitrogens is 3. The molecule has 4 aromatic rings. The predicted octanol–water partition coefficient (Wildman–Crippen LogP) is 6.53. The van der Waals surface area contributed by atoms with E-state index in [0.717, 1.165) is 17.0 Å². The molecule has 2 aromatic carbocycles. The molecule has 0 spiro atoms. The number of hydrogen-bond donors (Lipinski definition) is 3. The lowest BCUT2D eigenvalue weighted by atomic mass is 9.96. The van der Waals surface area contributed by atoms with Crippen LogP contribution in [0.15, 0.2) is 67.0 Å². The molecule has 0 unspecified atom stereocenters. The zero-order valence-corrected chi connectivity index (χ0v) is 19.0. The van der Waals surface area contributed by atoms with E-state index in [1.165, 1.54) is 6.07 Å². The summed E-state index contributed by atoms with van der Waals surface area (Å²) in [4.78, 5) is 24.6. The molecule has 0 atom stereocenters. The lowest BCUT2D eigenvalue weighted by molar-refractivity contribution is 0.262. The topological polar surface area (TPSA) is 82.7 Å². The molecule has 0 aliphatic rings. The highest BCUT2D eigenvalue weighted by Gasteiger charge is 2.24. The number of urea groups is 1. The smallest absolute Gasteiger partial charge is 0.323 e. The Hall–Kier alpha value is -4.00. The molecule has 0 fully saturated rings. The molecule has 0 saturated carbocycles. The molecular weight excluding hydrogens is 417 g/mol. The van der Waals surface area contributed by atoms with Gasteiger partial charge in [-0.2, -0.15) is 0 Å². The van der Waals surface area contributed by atoms with Crippen LogP contribution in [0.5, 0.6) is 0 Å². The zero-order chi connectivity index (χ0) is 23.6. The Morgan fingerprint density at radius 3 is 2.33 bits per heavy atom. The number of anilines is 2. The highest BCUT2D eigenvalue weighted by molar-refractivity contribution is 6.00. The van der Waals surface area contributed by atoms with Gasteiger partial charge >= 0.3 is 6.03 Å². The number of carbonyl (C=O) groups is 1. The monoisotopic (exact) mass is 443 g/mol. The van der Waals surface area contributed by atoms with Gasteiger partial charge in [0, 0.05) is 34.6 Å². The summed E-state index contributed by atoms with van der Waals surface area (Å²) in [6, 6.07) is 15.4. The van der Waals surface area contributed by atoms with E-state index in [9.17, 15) is 4.79 Å². The Bertz CT molecular complexity index is 1270. The number of nitrogens with zero attached hydrogens (tertiary/aromatic N) is 2. The van der Waals surface area contributed by atoms with Gasteiger partial charge in [0.1, 0.15) is 5.82 Å². The summed E-state index contributed by atoms with van der Waals surface area (Å²) >= 11 is 0. The lowest BCUT2D eigenvalue weighted by Gasteiger charge is -2.14. The van der Waals surface area contributed by atoms with Crippen molar-refractivity contribution in [1.82, 2.24) is 15.0 Å². The largest absolute Gasteiger partial charge is 0.341 e. The summed E-state index contributed by atoms with van der Waals surface area (Å²) in [6.07, 6.45) is 3.36. The number of aromatic amines is 1. The van der Waals surface area contributed by atoms with Gasteiger partial charge in [-0.3, -0.25) is 4.98 Å². The van der Waals surface area contributed by atoms with Crippen molar-refractivity contribution in [3.8, 4) is 22.5 Å². The second-order valence-electron chi connectivity index (χ2n) is 8.91. The van der Waals surface area contributed by atoms with Crippen LogP contribution in [0.2, 0.25) is 0 Å². The fourth-order valence-corrected chi connectivity index (χ4v) is 3.38. The Morgan fingerprint density at radius 1 is 0.970 bits per heavy atom. The van der Waals surface area contributed by atoms with E-state index >= 15 is 4.39 Å². The average Bonchev–Trinajstić information content (AvgIpc) is 3.23. The fraction of sp³-hybridized carbons (Fsp3) is 0.192. The number of benzene rings is 2. The van der Waals surface area contributed by atoms with Gasteiger partial charge in [0.15, 0.2) is 5.82 Å². The first-order valence-corrected chi connectivity index (χ1v) is 10.7. The minimum Gasteiger partial charge on any atom is -0.341 e. The molecule has 0 bridgehead atoms. The van der Waals surface area contributed by atoms with Crippen molar-refractivity contribution in [3.63, 3.8) is 0 Å². The van der Waals surface area contributed by atoms with Crippen LogP contribution >= 0.6 is 0 Å². The average molecular weight is 444 g/mol. The summed E-state index contributed by atoms with van der Waals surface area (Å²) in [5, 5.41) is 5.33. The maximum atomic E-state index is 15.6. The molecular formula is C26H26FN5O. The van der Waals surface area contributed by atoms with Crippen molar-refractivity contribution in [1.29, 1.82) is 0 Å². The van der Waals surface area contributed by atoms with Crippen LogP contribution in [0.1, 0.15) is 32.2 Å². The molecule has 168 valence electrons. The summed E-state index contributed by atoms with van der Waals surface area (Å²) < 4.78 is 15.6. The second-order valence-corrected chi connectivity index (χ2v) is 8.91. The van der Waals surface area contributed by atoms with Gasteiger partial charge < -0.3 is 15.6 Å². The molecule has 4 rings (SSSR count). The fourth-order valence-electron chi connectivity index (χ4n) is 3.38. The Kier molecular flexibility index (Phi) is 5.96. The van der Waals surface area contributed by atoms with Gasteiger partial charge in [0.05, 0.1) is 17.1 Å². The minimum absolute atomic E-state index is 0.0677. The molecule has 2 aromatic heterocycles. The molecule has 2 amide bonds. The van der Waals surface area contributed by atoms with E-state index < -0.39 is 11.8 Å². The molecule has 6 nitrogen and oxygen atoms in total. The zero-order valence-electron chi connectivity index (χ0n) is 19.0. The number of rotatable bonds is 4. The first kappa shape index (κ1) is 22.2. The normalized spacial score (nSPS) is 11.3. The van der Waals surface area contributed by atoms with E-state index in [2.05, 4.69) is 20.6 Å². The third-order valence-corrected chi connectivity index (χ3v) is 5.19. The van der Waals surface area contributed by atoms with Crippen molar-refractivity contribution in [2.45, 2.75) is 33.1 Å². The predicted molar refractivity (Wildman–Crippen MR) is 130 cm³/mol. The maximum absolute atomic E-state index is 15.6. The Labute approximate surface area is 192 Å². The van der Waals surface area contributed by atoms with E-state index in [0.29, 0.717) is 22.6 Å². The Balaban J connectivity index is 1.69. The van der Waals surface area contributed by atoms with Gasteiger partial charge in [-0.05, 0) is 43.3 Å². The van der Waals surface area contributed by atoms with Gasteiger partial charge in [0.25, 0.3) is 0 Å². The van der Waals surface area contributed by atoms with Crippen LogP contribution in [0.3, 0.4) is 0 Å². The van der Waals surface area contributed by atoms with E-state index in [1.54, 1.807) is 36.7 Å². The van der Waals surface area contributed by atoms with Gasteiger partial charge in [-0.1, -0.05) is 44.5 Å². The van der Waals surface area contributed by atoms with E-state index in [-0.39, 0.29) is 11.1 Å². The summed E-state index contributed by atoms with van der Waals surface area (Å²) in [5.41, 5.74) is 3.82. The Morgan fingerprint density at radius 2 is 1.67 bits per heavy atom. The minimum atomic E-state index is -0.557. The SMILES string of the molecule is Cc1ccc(NC(=O)Nc2cccc(-c3nc(C(C)(C)C)[nH]c3-c3ccncc3)c2F)cc1. The molecule has 0 saturated heterocycles. The second kappa shape index (κ2) is 8.86. The quantitative estimate of drug-likeness (QED) is 0.335. The van der Waals surface area contributed by atoms with Crippen LogP contribution in [0, 0.1) is 12.7 Å². The van der Waals surface area contributed by atoms with Crippen molar-refractivity contribution < 1.29 is 9.18 Å². The van der Waals surface area contributed by atoms with Crippen LogP contribution in [-0.4, -0.2) is 21.0 Å². The standard InChI is InChI=1S/C26H26FN5O/c1-16-8-10-18(11-9-16)29-25(33)30-20-7-5-6-19(21(20)27)23-22(17-12-14-28-15-13-17)31-24(32-23)26(2,3)4/h5-15H,1-4H3,(H,31,32)(H2,29,30,33). The molecule has 0 radical (unpaired) electrons. The molecule has 0 aliphatic carbocycles. The van der Waals surface area contributed by atoms with Crippen molar-refractivity contribution in [3.05, 3.63) is 84.2 Å². The lowest BCUT2D eigenvalue weighted by Crippen LogP contribution is -2.20. The maximum Gasteiger partial charge on any atom is 0.323 e. The number of imidazole rings is 1. The van der Waals surface area contributed by atoms with Crippen molar-refractivity contribution >= 4 is 17.4 Å². The van der Waals surface area contributed by atoms with E-state index in [4.69, 9.17) is 4.98 Å². The van der Waals surface area contributed by atoms with Crippen LogP contribution < -0.4 is 10.6 Å². The number of nitrogens with one attached hydrogen (secondary N) is 3. The number of amides is 2. The van der Waals surface area contributed by atoms with Crippen LogP contribution in [0.4, 0.5) is 20.6 Å². The van der Waals surface area contributed by atoms with Gasteiger partial charge in [-0.25, -0.2) is 14.2 Å². The third kappa shape index (κ3) is 4.92. The van der Waals surface area contributed by atoms with E-state index in [1.807, 2.05) is 52.0 Å². The number of hydrogen-bond acceptors (Lipinski definition) is 3. The number of H-pyrrole nitrogens is 1. The first-order chi connectivity index (χ1) is 15.7. The number of aryl methyl sites for hydroxylation is 1. The van der Waals surface area contributed by atoms with Crippen LogP contribution in [-0.2, 0) is 5.41 Å². The molecule has 7 heteroatoms. The van der Waals surface area contributed by atoms with Crippen molar-refractivity contribution in [2.24, 2.45) is 0 Å². The highest BCUT2D eigenvalue weighted by atomic mass is 19.1. The van der Waals surface area contributed by atoms with Crippen LogP contribution in [0.25, 0.3) is 22.5 Å². The van der Waals surface area contributed by atoms with Gasteiger partial charge in [0.2, 0.25) is 0 Å². The first-order valence-electron chi connectivity index (χ1n) is 10.7. The third-order valence-electron chi connectivity index (χ3n) is 5.19. The molecule has 2 heterocycles. The summed E-state index contributed by atoms with van der Waals surface area (Å²) in [6.45, 7) is 8.08. The number of pyridine rings is 1. The number of carbonyl (C=O) groups excluding carboxylic acids is 1.